The molecule has 94 valence electrons. The first-order valence-electron chi connectivity index (χ1n) is 6.45. The minimum Gasteiger partial charge on any atom is -0.369 e. The zero-order valence-electron chi connectivity index (χ0n) is 11.4. The maximum absolute atomic E-state index is 4.40. The molecule has 0 fully saturated rings. The number of fused-ring (bicyclic) bond motifs is 3. The van der Waals surface area contributed by atoms with E-state index >= 15 is 0 Å². The van der Waals surface area contributed by atoms with Gasteiger partial charge in [0.1, 0.15) is 0 Å². The lowest BCUT2D eigenvalue weighted by atomic mass is 9.92. The van der Waals surface area contributed by atoms with Gasteiger partial charge in [-0.1, -0.05) is 32.0 Å². The van der Waals surface area contributed by atoms with Gasteiger partial charge < -0.3 is 4.90 Å². The molecule has 1 aromatic heterocycles. The van der Waals surface area contributed by atoms with Crippen molar-refractivity contribution in [2.24, 2.45) is 7.05 Å². The Morgan fingerprint density at radius 3 is 2.72 bits per heavy atom. The van der Waals surface area contributed by atoms with Crippen LogP contribution in [-0.4, -0.2) is 16.8 Å². The van der Waals surface area contributed by atoms with Gasteiger partial charge in [-0.15, -0.1) is 0 Å². The topological polar surface area (TPSA) is 21.1 Å². The summed E-state index contributed by atoms with van der Waals surface area (Å²) in [5.74, 6) is 0.539. The zero-order chi connectivity index (χ0) is 12.9. The molecule has 3 heteroatoms. The van der Waals surface area contributed by atoms with E-state index in [-0.39, 0.29) is 0 Å². The molecule has 1 aromatic carbocycles. The van der Waals surface area contributed by atoms with Crippen LogP contribution in [0, 0.1) is 0 Å². The number of para-hydroxylation sites is 1. The molecule has 0 unspecified atom stereocenters. The van der Waals surface area contributed by atoms with E-state index in [1.807, 2.05) is 17.9 Å². The third-order valence-corrected chi connectivity index (χ3v) is 3.75. The van der Waals surface area contributed by atoms with Gasteiger partial charge in [-0.2, -0.15) is 5.10 Å². The smallest absolute Gasteiger partial charge is 0.0749 e. The standard InChI is InChI=1S/C15H19N3/c1-10(2)12-6-5-7-13-14-11(8-16-18(14)4)9-17(3)15(12)13/h5-8,10H,9H2,1-4H3. The molecule has 0 saturated heterocycles. The van der Waals surface area contributed by atoms with Gasteiger partial charge in [0.25, 0.3) is 0 Å². The number of benzene rings is 1. The van der Waals surface area contributed by atoms with E-state index in [1.54, 1.807) is 0 Å². The molecule has 0 saturated carbocycles. The van der Waals surface area contributed by atoms with Crippen molar-refractivity contribution >= 4 is 5.69 Å². The average Bonchev–Trinajstić information content (AvgIpc) is 2.70. The zero-order valence-corrected chi connectivity index (χ0v) is 11.4. The molecular formula is C15H19N3. The van der Waals surface area contributed by atoms with Crippen molar-refractivity contribution in [1.82, 2.24) is 9.78 Å². The summed E-state index contributed by atoms with van der Waals surface area (Å²) in [5, 5.41) is 4.40. The lowest BCUT2D eigenvalue weighted by molar-refractivity contribution is 0.769. The molecule has 0 atom stereocenters. The molecule has 0 aliphatic carbocycles. The number of nitrogens with zero attached hydrogens (tertiary/aromatic N) is 3. The molecule has 0 spiro atoms. The van der Waals surface area contributed by atoms with Gasteiger partial charge in [0.05, 0.1) is 11.9 Å². The van der Waals surface area contributed by atoms with Crippen LogP contribution >= 0.6 is 0 Å². The molecule has 3 rings (SSSR count). The summed E-state index contributed by atoms with van der Waals surface area (Å²) in [6, 6.07) is 6.60. The van der Waals surface area contributed by atoms with Crippen molar-refractivity contribution in [3.63, 3.8) is 0 Å². The van der Waals surface area contributed by atoms with Crippen LogP contribution in [0.15, 0.2) is 24.4 Å². The number of anilines is 1. The van der Waals surface area contributed by atoms with E-state index in [1.165, 1.54) is 28.1 Å². The minimum absolute atomic E-state index is 0.539. The summed E-state index contributed by atoms with van der Waals surface area (Å²) < 4.78 is 1.99. The van der Waals surface area contributed by atoms with Gasteiger partial charge in [-0.3, -0.25) is 4.68 Å². The molecule has 18 heavy (non-hydrogen) atoms. The highest BCUT2D eigenvalue weighted by Gasteiger charge is 2.25. The second kappa shape index (κ2) is 3.87. The second-order valence-electron chi connectivity index (χ2n) is 5.40. The second-order valence-corrected chi connectivity index (χ2v) is 5.40. The van der Waals surface area contributed by atoms with Crippen molar-refractivity contribution in [1.29, 1.82) is 0 Å². The van der Waals surface area contributed by atoms with Gasteiger partial charge in [0.15, 0.2) is 0 Å². The Hall–Kier alpha value is -1.77. The predicted octanol–water partition coefficient (Wildman–Crippen LogP) is 3.16. The summed E-state index contributed by atoms with van der Waals surface area (Å²) >= 11 is 0. The van der Waals surface area contributed by atoms with Gasteiger partial charge in [-0.25, -0.2) is 0 Å². The van der Waals surface area contributed by atoms with Crippen LogP contribution in [0.3, 0.4) is 0 Å². The average molecular weight is 241 g/mol. The van der Waals surface area contributed by atoms with Gasteiger partial charge >= 0.3 is 0 Å². The normalized spacial score (nSPS) is 13.7. The third kappa shape index (κ3) is 1.47. The van der Waals surface area contributed by atoms with Crippen LogP contribution in [0.4, 0.5) is 5.69 Å². The Morgan fingerprint density at radius 2 is 2.00 bits per heavy atom. The van der Waals surface area contributed by atoms with Gasteiger partial charge in [-0.05, 0) is 11.5 Å². The molecule has 1 aliphatic heterocycles. The summed E-state index contributed by atoms with van der Waals surface area (Å²) in [7, 11) is 4.19. The maximum atomic E-state index is 4.40. The summed E-state index contributed by atoms with van der Waals surface area (Å²) in [4.78, 5) is 2.34. The molecule has 0 bridgehead atoms. The third-order valence-electron chi connectivity index (χ3n) is 3.75. The summed E-state index contributed by atoms with van der Waals surface area (Å²) in [6.45, 7) is 5.45. The largest absolute Gasteiger partial charge is 0.369 e. The quantitative estimate of drug-likeness (QED) is 0.764. The van der Waals surface area contributed by atoms with Gasteiger partial charge in [0, 0.05) is 37.5 Å². The lowest BCUT2D eigenvalue weighted by Crippen LogP contribution is -2.23. The number of hydrogen-bond donors (Lipinski definition) is 0. The Bertz CT molecular complexity index is 596. The van der Waals surface area contributed by atoms with Crippen LogP contribution in [0.5, 0.6) is 0 Å². The number of aromatic nitrogens is 2. The number of rotatable bonds is 1. The van der Waals surface area contributed by atoms with E-state index in [9.17, 15) is 0 Å². The van der Waals surface area contributed by atoms with Crippen LogP contribution in [0.1, 0.15) is 30.9 Å². The highest BCUT2D eigenvalue weighted by Crippen LogP contribution is 2.42. The van der Waals surface area contributed by atoms with E-state index in [0.29, 0.717) is 5.92 Å². The van der Waals surface area contributed by atoms with E-state index in [4.69, 9.17) is 0 Å². The predicted molar refractivity (Wildman–Crippen MR) is 74.8 cm³/mol. The van der Waals surface area contributed by atoms with E-state index < -0.39 is 0 Å². The fourth-order valence-corrected chi connectivity index (χ4v) is 2.92. The fraction of sp³-hybridized carbons (Fsp3) is 0.400. The minimum atomic E-state index is 0.539. The summed E-state index contributed by atoms with van der Waals surface area (Å²) in [6.07, 6.45) is 1.98. The van der Waals surface area contributed by atoms with E-state index in [0.717, 1.165) is 6.54 Å². The van der Waals surface area contributed by atoms with Crippen molar-refractivity contribution < 1.29 is 0 Å². The molecule has 0 amide bonds. The Kier molecular flexibility index (Phi) is 2.44. The molecule has 0 radical (unpaired) electrons. The monoisotopic (exact) mass is 241 g/mol. The van der Waals surface area contributed by atoms with Crippen molar-refractivity contribution in [2.45, 2.75) is 26.3 Å². The van der Waals surface area contributed by atoms with Crippen LogP contribution in [0.2, 0.25) is 0 Å². The first-order valence-corrected chi connectivity index (χ1v) is 6.45. The van der Waals surface area contributed by atoms with Crippen LogP contribution in [0.25, 0.3) is 11.3 Å². The first kappa shape index (κ1) is 11.3. The lowest BCUT2D eigenvalue weighted by Gasteiger charge is -2.31. The maximum Gasteiger partial charge on any atom is 0.0749 e. The van der Waals surface area contributed by atoms with Crippen molar-refractivity contribution in [2.75, 3.05) is 11.9 Å². The number of hydrogen-bond acceptors (Lipinski definition) is 2. The Morgan fingerprint density at radius 1 is 1.22 bits per heavy atom. The van der Waals surface area contributed by atoms with E-state index in [2.05, 4.69) is 49.1 Å². The fourth-order valence-electron chi connectivity index (χ4n) is 2.92. The van der Waals surface area contributed by atoms with Gasteiger partial charge in [0.2, 0.25) is 0 Å². The molecule has 2 aromatic rings. The van der Waals surface area contributed by atoms with Crippen molar-refractivity contribution in [3.05, 3.63) is 35.5 Å². The molecule has 1 aliphatic rings. The van der Waals surface area contributed by atoms with Crippen molar-refractivity contribution in [3.8, 4) is 11.3 Å². The molecule has 2 heterocycles. The highest BCUT2D eigenvalue weighted by molar-refractivity contribution is 5.83. The highest BCUT2D eigenvalue weighted by atomic mass is 15.3. The Balaban J connectivity index is 2.31. The first-order chi connectivity index (χ1) is 8.59. The molecule has 0 N–H and O–H groups in total. The van der Waals surface area contributed by atoms with Crippen LogP contribution < -0.4 is 4.90 Å². The SMILES string of the molecule is CC(C)c1cccc2c1N(C)Cc1cnn(C)c1-2. The summed E-state index contributed by atoms with van der Waals surface area (Å²) in [5.41, 5.74) is 6.68. The van der Waals surface area contributed by atoms with Crippen LogP contribution in [-0.2, 0) is 13.6 Å². The number of aryl methyl sites for hydroxylation is 1. The molecular weight excluding hydrogens is 222 g/mol. The Labute approximate surface area is 108 Å². The molecule has 3 nitrogen and oxygen atoms in total.